The zero-order valence-corrected chi connectivity index (χ0v) is 11.6. The van der Waals surface area contributed by atoms with E-state index in [2.05, 4.69) is 15.4 Å². The molecule has 0 bridgehead atoms. The van der Waals surface area contributed by atoms with Gasteiger partial charge in [-0.25, -0.2) is 4.52 Å². The molecule has 1 amide bonds. The van der Waals surface area contributed by atoms with Gasteiger partial charge in [-0.1, -0.05) is 13.8 Å². The largest absolute Gasteiger partial charge is 0.345 e. The van der Waals surface area contributed by atoms with Crippen molar-refractivity contribution in [2.24, 2.45) is 0 Å². The molecule has 0 aliphatic carbocycles. The van der Waals surface area contributed by atoms with Crippen LogP contribution in [0.15, 0.2) is 17.3 Å². The lowest BCUT2D eigenvalue weighted by Crippen LogP contribution is -2.28. The van der Waals surface area contributed by atoms with E-state index in [1.807, 2.05) is 13.8 Å². The van der Waals surface area contributed by atoms with Crippen LogP contribution in [-0.4, -0.2) is 32.8 Å². The maximum absolute atomic E-state index is 12.1. The number of hydrogen-bond donors (Lipinski definition) is 2. The lowest BCUT2D eigenvalue weighted by atomic mass is 10.00. The molecule has 0 saturated carbocycles. The van der Waals surface area contributed by atoms with E-state index in [4.69, 9.17) is 0 Å². The molecule has 7 heteroatoms. The van der Waals surface area contributed by atoms with Crippen molar-refractivity contribution in [3.63, 3.8) is 0 Å². The van der Waals surface area contributed by atoms with Gasteiger partial charge in [-0.2, -0.15) is 5.10 Å². The highest BCUT2D eigenvalue weighted by molar-refractivity contribution is 5.99. The summed E-state index contributed by atoms with van der Waals surface area (Å²) < 4.78 is 1.39. The van der Waals surface area contributed by atoms with Crippen molar-refractivity contribution in [2.45, 2.75) is 26.7 Å². The molecule has 7 nitrogen and oxygen atoms in total. The van der Waals surface area contributed by atoms with Gasteiger partial charge in [-0.3, -0.25) is 14.4 Å². The number of H-pyrrole nitrogens is 1. The van der Waals surface area contributed by atoms with Gasteiger partial charge in [0.25, 0.3) is 11.5 Å². The Labute approximate surface area is 115 Å². The molecule has 2 aromatic heterocycles. The number of aromatic amines is 1. The SMILES string of the molecule is CC(=O)CNC(=O)c1cn2nc[nH]c(=O)c2c1C(C)C. The summed E-state index contributed by atoms with van der Waals surface area (Å²) in [6, 6.07) is 0. The average molecular weight is 276 g/mol. The third-order valence-corrected chi connectivity index (χ3v) is 2.94. The van der Waals surface area contributed by atoms with Gasteiger partial charge in [-0.05, 0) is 12.8 Å². The average Bonchev–Trinajstić information content (AvgIpc) is 2.76. The number of ketones is 1. The summed E-state index contributed by atoms with van der Waals surface area (Å²) in [7, 11) is 0. The Hall–Kier alpha value is -2.44. The molecular weight excluding hydrogens is 260 g/mol. The van der Waals surface area contributed by atoms with Crippen molar-refractivity contribution >= 4 is 17.2 Å². The van der Waals surface area contributed by atoms with Crippen LogP contribution in [-0.2, 0) is 4.79 Å². The quantitative estimate of drug-likeness (QED) is 0.848. The molecule has 0 atom stereocenters. The zero-order chi connectivity index (χ0) is 14.9. The van der Waals surface area contributed by atoms with Gasteiger partial charge in [0.1, 0.15) is 17.6 Å². The number of aromatic nitrogens is 3. The number of nitrogens with one attached hydrogen (secondary N) is 2. The van der Waals surface area contributed by atoms with Crippen molar-refractivity contribution in [1.82, 2.24) is 19.9 Å². The Bertz CT molecular complexity index is 727. The third kappa shape index (κ3) is 2.47. The number of amides is 1. The monoisotopic (exact) mass is 276 g/mol. The fourth-order valence-corrected chi connectivity index (χ4v) is 2.11. The molecule has 0 fully saturated rings. The highest BCUT2D eigenvalue weighted by Crippen LogP contribution is 2.23. The smallest absolute Gasteiger partial charge is 0.275 e. The predicted octanol–water partition coefficient (Wildman–Crippen LogP) is 0.465. The van der Waals surface area contributed by atoms with Crippen LogP contribution < -0.4 is 10.9 Å². The molecule has 0 saturated heterocycles. The highest BCUT2D eigenvalue weighted by Gasteiger charge is 2.21. The Morgan fingerprint density at radius 1 is 1.45 bits per heavy atom. The van der Waals surface area contributed by atoms with Crippen molar-refractivity contribution in [3.05, 3.63) is 34.0 Å². The standard InChI is InChI=1S/C13H16N4O3/c1-7(2)10-9(12(19)14-4-8(3)18)5-17-11(10)13(20)15-6-16-17/h5-7H,4H2,1-3H3,(H,14,19)(H,15,16,20). The molecule has 0 radical (unpaired) electrons. The topological polar surface area (TPSA) is 96.3 Å². The first kappa shape index (κ1) is 14.0. The molecule has 2 N–H and O–H groups in total. The zero-order valence-electron chi connectivity index (χ0n) is 11.6. The minimum absolute atomic E-state index is 0.0246. The van der Waals surface area contributed by atoms with Gasteiger partial charge in [-0.15, -0.1) is 0 Å². The van der Waals surface area contributed by atoms with Crippen molar-refractivity contribution in [3.8, 4) is 0 Å². The number of Topliss-reactive ketones (excluding diaryl/α,β-unsaturated/α-hetero) is 1. The van der Waals surface area contributed by atoms with Gasteiger partial charge in [0, 0.05) is 11.8 Å². The van der Waals surface area contributed by atoms with E-state index in [9.17, 15) is 14.4 Å². The van der Waals surface area contributed by atoms with Crippen molar-refractivity contribution < 1.29 is 9.59 Å². The van der Waals surface area contributed by atoms with E-state index in [1.165, 1.54) is 24.0 Å². The Balaban J connectivity index is 2.56. The highest BCUT2D eigenvalue weighted by atomic mass is 16.2. The molecule has 0 aromatic carbocycles. The molecule has 0 spiro atoms. The maximum Gasteiger partial charge on any atom is 0.275 e. The van der Waals surface area contributed by atoms with Crippen LogP contribution in [0.1, 0.15) is 42.6 Å². The number of fused-ring (bicyclic) bond motifs is 1. The molecule has 2 rings (SSSR count). The summed E-state index contributed by atoms with van der Waals surface area (Å²) in [6.07, 6.45) is 2.78. The van der Waals surface area contributed by atoms with Crippen LogP contribution in [0.2, 0.25) is 0 Å². The first-order valence-corrected chi connectivity index (χ1v) is 6.28. The van der Waals surface area contributed by atoms with Crippen molar-refractivity contribution in [1.29, 1.82) is 0 Å². The Morgan fingerprint density at radius 2 is 2.15 bits per heavy atom. The van der Waals surface area contributed by atoms with Crippen LogP contribution in [0.3, 0.4) is 0 Å². The molecule has 2 heterocycles. The predicted molar refractivity (Wildman–Crippen MR) is 72.9 cm³/mol. The van der Waals surface area contributed by atoms with E-state index in [-0.39, 0.29) is 29.7 Å². The van der Waals surface area contributed by atoms with E-state index in [0.717, 1.165) is 0 Å². The second-order valence-corrected chi connectivity index (χ2v) is 4.91. The number of hydrogen-bond acceptors (Lipinski definition) is 4. The molecule has 106 valence electrons. The van der Waals surface area contributed by atoms with Crippen LogP contribution in [0, 0.1) is 0 Å². The minimum atomic E-state index is -0.381. The Morgan fingerprint density at radius 3 is 2.75 bits per heavy atom. The summed E-state index contributed by atoms with van der Waals surface area (Å²) in [6.45, 7) is 5.14. The molecule has 0 aliphatic rings. The van der Waals surface area contributed by atoms with Gasteiger partial charge < -0.3 is 10.3 Å². The third-order valence-electron chi connectivity index (χ3n) is 2.94. The lowest BCUT2D eigenvalue weighted by molar-refractivity contribution is -0.116. The minimum Gasteiger partial charge on any atom is -0.345 e. The fraction of sp³-hybridized carbons (Fsp3) is 0.385. The van der Waals surface area contributed by atoms with Gasteiger partial charge in [0.05, 0.1) is 12.1 Å². The molecule has 0 unspecified atom stereocenters. The number of nitrogens with zero attached hydrogens (tertiary/aromatic N) is 2. The van der Waals surface area contributed by atoms with Crippen LogP contribution in [0.4, 0.5) is 0 Å². The normalized spacial score (nSPS) is 11.0. The molecule has 0 aliphatic heterocycles. The first-order valence-electron chi connectivity index (χ1n) is 6.28. The molecular formula is C13H16N4O3. The molecule has 20 heavy (non-hydrogen) atoms. The lowest BCUT2D eigenvalue weighted by Gasteiger charge is -2.07. The summed E-state index contributed by atoms with van der Waals surface area (Å²) in [4.78, 5) is 37.5. The van der Waals surface area contributed by atoms with Crippen LogP contribution >= 0.6 is 0 Å². The van der Waals surface area contributed by atoms with E-state index >= 15 is 0 Å². The second-order valence-electron chi connectivity index (χ2n) is 4.91. The Kier molecular flexibility index (Phi) is 3.69. The number of carbonyl (C=O) groups is 2. The second kappa shape index (κ2) is 5.28. The summed E-state index contributed by atoms with van der Waals surface area (Å²) in [5, 5.41) is 6.53. The van der Waals surface area contributed by atoms with Crippen molar-refractivity contribution in [2.75, 3.05) is 6.54 Å². The summed E-state index contributed by atoms with van der Waals surface area (Å²) in [5.74, 6) is -0.540. The summed E-state index contributed by atoms with van der Waals surface area (Å²) >= 11 is 0. The van der Waals surface area contributed by atoms with Gasteiger partial charge in [0.15, 0.2) is 0 Å². The number of rotatable bonds is 4. The number of carbonyl (C=O) groups excluding carboxylic acids is 2. The van der Waals surface area contributed by atoms with E-state index in [1.54, 1.807) is 0 Å². The van der Waals surface area contributed by atoms with Crippen LogP contribution in [0.5, 0.6) is 0 Å². The van der Waals surface area contributed by atoms with E-state index in [0.29, 0.717) is 16.6 Å². The van der Waals surface area contributed by atoms with Gasteiger partial charge >= 0.3 is 0 Å². The maximum atomic E-state index is 12.1. The molecule has 2 aromatic rings. The van der Waals surface area contributed by atoms with E-state index < -0.39 is 0 Å². The fourth-order valence-electron chi connectivity index (χ4n) is 2.11. The summed E-state index contributed by atoms with van der Waals surface area (Å²) in [5.41, 5.74) is 1.05. The first-order chi connectivity index (χ1) is 9.41. The van der Waals surface area contributed by atoms with Crippen LogP contribution in [0.25, 0.3) is 5.52 Å². The van der Waals surface area contributed by atoms with Gasteiger partial charge in [0.2, 0.25) is 0 Å².